The predicted molar refractivity (Wildman–Crippen MR) is 92.8 cm³/mol. The van der Waals surface area contributed by atoms with Gasteiger partial charge < -0.3 is 4.57 Å². The van der Waals surface area contributed by atoms with E-state index in [1.54, 1.807) is 0 Å². The summed E-state index contributed by atoms with van der Waals surface area (Å²) in [6.07, 6.45) is 1.97. The van der Waals surface area contributed by atoms with Crippen LogP contribution in [0.15, 0.2) is 30.5 Å². The molecule has 0 radical (unpaired) electrons. The van der Waals surface area contributed by atoms with E-state index in [1.165, 1.54) is 0 Å². The Kier molecular flexibility index (Phi) is 5.10. The van der Waals surface area contributed by atoms with Crippen LogP contribution >= 0.6 is 11.6 Å². The number of aryl methyl sites for hydroxylation is 1. The second-order valence-corrected chi connectivity index (χ2v) is 8.71. The van der Waals surface area contributed by atoms with Gasteiger partial charge >= 0.3 is 0 Å². The van der Waals surface area contributed by atoms with Gasteiger partial charge in [-0.25, -0.2) is 13.9 Å². The SMILES string of the molecule is Cc1nc([C@H](C)N[S@@](=O)C(C)(C)C)cn1-c1ccc(Cl)cc1. The number of rotatable bonds is 4. The Bertz CT molecular complexity index is 674. The molecule has 2 rings (SSSR count). The fourth-order valence-electron chi connectivity index (χ4n) is 1.96. The van der Waals surface area contributed by atoms with Crippen molar-refractivity contribution in [3.63, 3.8) is 0 Å². The first kappa shape index (κ1) is 17.2. The van der Waals surface area contributed by atoms with Gasteiger partial charge in [-0.1, -0.05) is 11.6 Å². The average Bonchev–Trinajstić information content (AvgIpc) is 2.81. The molecule has 0 aliphatic rings. The Morgan fingerprint density at radius 2 is 1.86 bits per heavy atom. The van der Waals surface area contributed by atoms with Gasteiger partial charge in [0.25, 0.3) is 0 Å². The highest BCUT2D eigenvalue weighted by atomic mass is 35.5. The van der Waals surface area contributed by atoms with E-state index in [4.69, 9.17) is 11.6 Å². The van der Waals surface area contributed by atoms with Crippen molar-refractivity contribution in [1.29, 1.82) is 0 Å². The van der Waals surface area contributed by atoms with Crippen molar-refractivity contribution in [1.82, 2.24) is 14.3 Å². The van der Waals surface area contributed by atoms with Gasteiger partial charge in [0.2, 0.25) is 0 Å². The summed E-state index contributed by atoms with van der Waals surface area (Å²) in [6.45, 7) is 9.75. The Hall–Kier alpha value is -1.17. The molecule has 0 bridgehead atoms. The number of nitrogens with one attached hydrogen (secondary N) is 1. The molecule has 1 aromatic carbocycles. The Morgan fingerprint density at radius 1 is 1.27 bits per heavy atom. The number of benzene rings is 1. The summed E-state index contributed by atoms with van der Waals surface area (Å²) >= 11 is 5.93. The lowest BCUT2D eigenvalue weighted by molar-refractivity contribution is 0.612. The first-order valence-corrected chi connectivity index (χ1v) is 8.71. The van der Waals surface area contributed by atoms with Crippen LogP contribution in [0.2, 0.25) is 5.02 Å². The molecule has 1 aromatic heterocycles. The van der Waals surface area contributed by atoms with E-state index in [0.717, 1.165) is 17.2 Å². The maximum Gasteiger partial charge on any atom is 0.110 e. The average molecular weight is 340 g/mol. The summed E-state index contributed by atoms with van der Waals surface area (Å²) in [5.74, 6) is 0.882. The standard InChI is InChI=1S/C16H22ClN3OS/c1-11(19-22(21)16(3,4)5)15-10-20(12(2)18-15)14-8-6-13(17)7-9-14/h6-11,19H,1-5H3/t11-,22-/m0/s1. The van der Waals surface area contributed by atoms with E-state index >= 15 is 0 Å². The van der Waals surface area contributed by atoms with Gasteiger partial charge in [-0.2, -0.15) is 0 Å². The Balaban J connectivity index is 2.22. The van der Waals surface area contributed by atoms with Crippen LogP contribution in [0.3, 0.4) is 0 Å². The van der Waals surface area contributed by atoms with Gasteiger partial charge in [0, 0.05) is 16.9 Å². The summed E-state index contributed by atoms with van der Waals surface area (Å²) in [5, 5.41) is 0.706. The van der Waals surface area contributed by atoms with Crippen LogP contribution in [0.5, 0.6) is 0 Å². The quantitative estimate of drug-likeness (QED) is 0.916. The molecule has 0 saturated heterocycles. The van der Waals surface area contributed by atoms with Crippen LogP contribution in [-0.4, -0.2) is 18.5 Å². The first-order valence-electron chi connectivity index (χ1n) is 7.18. The fraction of sp³-hybridized carbons (Fsp3) is 0.438. The zero-order valence-electron chi connectivity index (χ0n) is 13.6. The number of halogens is 1. The third-order valence-corrected chi connectivity index (χ3v) is 5.22. The van der Waals surface area contributed by atoms with Crippen molar-refractivity contribution in [2.24, 2.45) is 0 Å². The van der Waals surface area contributed by atoms with Gasteiger partial charge in [0.05, 0.1) is 27.5 Å². The lowest BCUT2D eigenvalue weighted by atomic mass is 10.3. The molecule has 0 amide bonds. The highest BCUT2D eigenvalue weighted by Gasteiger charge is 2.23. The van der Waals surface area contributed by atoms with Gasteiger partial charge in [0.15, 0.2) is 0 Å². The van der Waals surface area contributed by atoms with Crippen LogP contribution in [-0.2, 0) is 11.0 Å². The van der Waals surface area contributed by atoms with Gasteiger partial charge in [0.1, 0.15) is 5.82 Å². The monoisotopic (exact) mass is 339 g/mol. The lowest BCUT2D eigenvalue weighted by Crippen LogP contribution is -2.34. The molecule has 0 unspecified atom stereocenters. The summed E-state index contributed by atoms with van der Waals surface area (Å²) in [4.78, 5) is 4.58. The molecule has 2 atom stereocenters. The van der Waals surface area contributed by atoms with E-state index < -0.39 is 11.0 Å². The van der Waals surface area contributed by atoms with Crippen LogP contribution in [0, 0.1) is 6.92 Å². The molecule has 2 aromatic rings. The molecule has 22 heavy (non-hydrogen) atoms. The second-order valence-electron chi connectivity index (χ2n) is 6.28. The van der Waals surface area contributed by atoms with Crippen LogP contribution < -0.4 is 4.72 Å². The maximum atomic E-state index is 12.2. The summed E-state index contributed by atoms with van der Waals surface area (Å²) in [7, 11) is -1.13. The van der Waals surface area contributed by atoms with E-state index in [2.05, 4.69) is 9.71 Å². The number of nitrogens with zero attached hydrogens (tertiary/aromatic N) is 2. The van der Waals surface area contributed by atoms with Crippen molar-refractivity contribution in [3.05, 3.63) is 47.0 Å². The third kappa shape index (κ3) is 3.97. The molecule has 0 spiro atoms. The smallest absolute Gasteiger partial charge is 0.110 e. The van der Waals surface area contributed by atoms with Crippen molar-refractivity contribution < 1.29 is 4.21 Å². The van der Waals surface area contributed by atoms with Crippen molar-refractivity contribution in [2.75, 3.05) is 0 Å². The molecule has 1 N–H and O–H groups in total. The number of imidazole rings is 1. The fourth-order valence-corrected chi connectivity index (χ4v) is 2.89. The molecule has 1 heterocycles. The molecule has 0 saturated carbocycles. The Morgan fingerprint density at radius 3 is 2.41 bits per heavy atom. The minimum atomic E-state index is -1.13. The molecular weight excluding hydrogens is 318 g/mol. The van der Waals surface area contributed by atoms with Gasteiger partial charge in [-0.05, 0) is 58.9 Å². The highest BCUT2D eigenvalue weighted by Crippen LogP contribution is 2.20. The minimum absolute atomic E-state index is 0.0905. The number of hydrogen-bond donors (Lipinski definition) is 1. The summed E-state index contributed by atoms with van der Waals surface area (Å²) in [6, 6.07) is 7.52. The zero-order chi connectivity index (χ0) is 16.5. The maximum absolute atomic E-state index is 12.2. The first-order chi connectivity index (χ1) is 10.2. The summed E-state index contributed by atoms with van der Waals surface area (Å²) < 4.78 is 17.0. The topological polar surface area (TPSA) is 46.9 Å². The van der Waals surface area contributed by atoms with Crippen molar-refractivity contribution in [3.8, 4) is 5.69 Å². The molecule has 4 nitrogen and oxygen atoms in total. The van der Waals surface area contributed by atoms with Gasteiger partial charge in [-0.15, -0.1) is 0 Å². The zero-order valence-corrected chi connectivity index (χ0v) is 15.1. The minimum Gasteiger partial charge on any atom is -0.304 e. The largest absolute Gasteiger partial charge is 0.304 e. The van der Waals surface area contributed by atoms with E-state index in [0.29, 0.717) is 5.02 Å². The lowest BCUT2D eigenvalue weighted by Gasteiger charge is -2.21. The molecule has 0 aliphatic carbocycles. The van der Waals surface area contributed by atoms with Crippen LogP contribution in [0.4, 0.5) is 0 Å². The Labute approximate surface area is 139 Å². The third-order valence-electron chi connectivity index (χ3n) is 3.29. The van der Waals surface area contributed by atoms with E-state index in [-0.39, 0.29) is 10.8 Å². The number of aromatic nitrogens is 2. The number of hydrogen-bond acceptors (Lipinski definition) is 2. The second kappa shape index (κ2) is 6.52. The molecule has 120 valence electrons. The molecule has 0 fully saturated rings. The van der Waals surface area contributed by atoms with E-state index in [1.807, 2.05) is 69.6 Å². The molecular formula is C16H22ClN3OS. The predicted octanol–water partition coefficient (Wildman–Crippen LogP) is 3.95. The molecule has 6 heteroatoms. The highest BCUT2D eigenvalue weighted by molar-refractivity contribution is 7.84. The van der Waals surface area contributed by atoms with Crippen LogP contribution in [0.25, 0.3) is 5.69 Å². The van der Waals surface area contributed by atoms with Crippen molar-refractivity contribution >= 4 is 22.6 Å². The summed E-state index contributed by atoms with van der Waals surface area (Å²) in [5.41, 5.74) is 1.87. The normalized spacial score (nSPS) is 14.8. The van der Waals surface area contributed by atoms with Gasteiger partial charge in [-0.3, -0.25) is 0 Å². The van der Waals surface area contributed by atoms with Crippen LogP contribution in [0.1, 0.15) is 45.3 Å². The van der Waals surface area contributed by atoms with E-state index in [9.17, 15) is 4.21 Å². The van der Waals surface area contributed by atoms with Crippen molar-refractivity contribution in [2.45, 2.75) is 45.4 Å². The molecule has 0 aliphatic heterocycles.